The Bertz CT molecular complexity index is 762. The molecule has 0 aliphatic carbocycles. The number of nitrogens with zero attached hydrogens (tertiary/aromatic N) is 1. The third-order valence-electron chi connectivity index (χ3n) is 3.25. The van der Waals surface area contributed by atoms with Gasteiger partial charge in [0, 0.05) is 13.6 Å². The minimum atomic E-state index is -3.71. The maximum atomic E-state index is 13.1. The molecule has 0 aliphatic rings. The first-order chi connectivity index (χ1) is 9.82. The number of hydrogen-bond donors (Lipinski definition) is 0. The van der Waals surface area contributed by atoms with E-state index < -0.39 is 15.8 Å². The zero-order valence-electron chi connectivity index (χ0n) is 11.7. The third kappa shape index (κ3) is 3.43. The van der Waals surface area contributed by atoms with Gasteiger partial charge in [0.25, 0.3) is 0 Å². The molecule has 0 radical (unpaired) electrons. The van der Waals surface area contributed by atoms with Crippen molar-refractivity contribution >= 4 is 21.6 Å². The lowest BCUT2D eigenvalue weighted by Crippen LogP contribution is -2.26. The fourth-order valence-electron chi connectivity index (χ4n) is 1.93. The smallest absolute Gasteiger partial charge is 0.207 e. The highest BCUT2D eigenvalue weighted by Crippen LogP contribution is 2.23. The van der Waals surface area contributed by atoms with Gasteiger partial charge in [0.05, 0.1) is 9.92 Å². The molecule has 0 bridgehead atoms. The predicted octanol–water partition coefficient (Wildman–Crippen LogP) is 3.61. The lowest BCUT2D eigenvalue weighted by atomic mass is 10.1. The molecule has 0 fully saturated rings. The summed E-state index contributed by atoms with van der Waals surface area (Å²) in [5, 5.41) is -0.208. The molecule has 21 heavy (non-hydrogen) atoms. The maximum absolute atomic E-state index is 13.1. The van der Waals surface area contributed by atoms with Crippen LogP contribution in [0.15, 0.2) is 47.4 Å². The fourth-order valence-corrected chi connectivity index (χ4v) is 3.35. The molecule has 0 spiro atoms. The van der Waals surface area contributed by atoms with Crippen molar-refractivity contribution in [3.63, 3.8) is 0 Å². The molecule has 0 N–H and O–H groups in total. The van der Waals surface area contributed by atoms with E-state index in [-0.39, 0.29) is 16.5 Å². The second-order valence-corrected chi connectivity index (χ2v) is 7.22. The largest absolute Gasteiger partial charge is 0.243 e. The van der Waals surface area contributed by atoms with E-state index >= 15 is 0 Å². The quantitative estimate of drug-likeness (QED) is 0.860. The van der Waals surface area contributed by atoms with Crippen molar-refractivity contribution < 1.29 is 12.8 Å². The fraction of sp³-hybridized carbons (Fsp3) is 0.200. The molecule has 0 unspecified atom stereocenters. The van der Waals surface area contributed by atoms with Crippen LogP contribution in [0.2, 0.25) is 5.02 Å². The first-order valence-corrected chi connectivity index (χ1v) is 8.10. The van der Waals surface area contributed by atoms with Crippen LogP contribution in [0, 0.1) is 12.7 Å². The highest BCUT2D eigenvalue weighted by molar-refractivity contribution is 7.89. The van der Waals surface area contributed by atoms with Gasteiger partial charge in [-0.25, -0.2) is 12.8 Å². The molecule has 2 rings (SSSR count). The normalized spacial score (nSPS) is 11.9. The van der Waals surface area contributed by atoms with Gasteiger partial charge in [-0.2, -0.15) is 4.31 Å². The number of halogens is 2. The van der Waals surface area contributed by atoms with Crippen molar-refractivity contribution in [2.75, 3.05) is 7.05 Å². The SMILES string of the molecule is Cc1ccccc1CN(C)S(=O)(=O)c1ccc(F)c(Cl)c1. The van der Waals surface area contributed by atoms with E-state index in [0.29, 0.717) is 0 Å². The Morgan fingerprint density at radius 2 is 1.86 bits per heavy atom. The number of benzene rings is 2. The molecule has 3 nitrogen and oxygen atoms in total. The van der Waals surface area contributed by atoms with Crippen LogP contribution in [0.1, 0.15) is 11.1 Å². The van der Waals surface area contributed by atoms with E-state index in [9.17, 15) is 12.8 Å². The molecule has 112 valence electrons. The molecule has 2 aromatic rings. The monoisotopic (exact) mass is 327 g/mol. The zero-order chi connectivity index (χ0) is 15.6. The van der Waals surface area contributed by atoms with Gasteiger partial charge >= 0.3 is 0 Å². The average molecular weight is 328 g/mol. The van der Waals surface area contributed by atoms with Gasteiger partial charge in [-0.15, -0.1) is 0 Å². The van der Waals surface area contributed by atoms with Gasteiger partial charge < -0.3 is 0 Å². The van der Waals surface area contributed by atoms with Crippen LogP contribution >= 0.6 is 11.6 Å². The Morgan fingerprint density at radius 3 is 2.48 bits per heavy atom. The molecule has 0 amide bonds. The Morgan fingerprint density at radius 1 is 1.19 bits per heavy atom. The first-order valence-electron chi connectivity index (χ1n) is 6.28. The van der Waals surface area contributed by atoms with Crippen LogP contribution in [0.5, 0.6) is 0 Å². The van der Waals surface area contributed by atoms with Crippen molar-refractivity contribution in [2.24, 2.45) is 0 Å². The van der Waals surface area contributed by atoms with E-state index in [1.807, 2.05) is 31.2 Å². The average Bonchev–Trinajstić information content (AvgIpc) is 2.44. The summed E-state index contributed by atoms with van der Waals surface area (Å²) in [6.45, 7) is 2.16. The standard InChI is InChI=1S/C15H15ClFNO2S/c1-11-5-3-4-6-12(11)10-18(2)21(19,20)13-7-8-15(17)14(16)9-13/h3-9H,10H2,1-2H3. The van der Waals surface area contributed by atoms with Gasteiger partial charge in [-0.1, -0.05) is 35.9 Å². The van der Waals surface area contributed by atoms with Crippen LogP contribution in [-0.2, 0) is 16.6 Å². The summed E-state index contributed by atoms with van der Waals surface area (Å²) in [5.41, 5.74) is 1.92. The summed E-state index contributed by atoms with van der Waals surface area (Å²) in [4.78, 5) is -0.0232. The van der Waals surface area contributed by atoms with Crippen LogP contribution in [0.25, 0.3) is 0 Å². The Hall–Kier alpha value is -1.43. The molecule has 0 atom stereocenters. The van der Waals surface area contributed by atoms with E-state index in [1.165, 1.54) is 17.4 Å². The molecule has 0 saturated heterocycles. The van der Waals surface area contributed by atoms with Gasteiger partial charge in [-0.3, -0.25) is 0 Å². The molecular formula is C15H15ClFNO2S. The van der Waals surface area contributed by atoms with E-state index in [2.05, 4.69) is 0 Å². The lowest BCUT2D eigenvalue weighted by Gasteiger charge is -2.18. The number of hydrogen-bond acceptors (Lipinski definition) is 2. The summed E-state index contributed by atoms with van der Waals surface area (Å²) in [6.07, 6.45) is 0. The minimum absolute atomic E-state index is 0.0232. The molecule has 0 aliphatic heterocycles. The number of aryl methyl sites for hydroxylation is 1. The molecule has 2 aromatic carbocycles. The van der Waals surface area contributed by atoms with E-state index in [1.54, 1.807) is 0 Å². The van der Waals surface area contributed by atoms with Crippen molar-refractivity contribution in [3.8, 4) is 0 Å². The van der Waals surface area contributed by atoms with Crippen molar-refractivity contribution in [1.29, 1.82) is 0 Å². The van der Waals surface area contributed by atoms with Crippen LogP contribution in [0.4, 0.5) is 4.39 Å². The van der Waals surface area contributed by atoms with Crippen molar-refractivity contribution in [2.45, 2.75) is 18.4 Å². The summed E-state index contributed by atoms with van der Waals surface area (Å²) < 4.78 is 39.3. The van der Waals surface area contributed by atoms with Gasteiger partial charge in [0.15, 0.2) is 0 Å². The van der Waals surface area contributed by atoms with Gasteiger partial charge in [-0.05, 0) is 36.2 Å². The third-order valence-corrected chi connectivity index (χ3v) is 5.34. The highest BCUT2D eigenvalue weighted by Gasteiger charge is 2.22. The predicted molar refractivity (Wildman–Crippen MR) is 81.2 cm³/mol. The summed E-state index contributed by atoms with van der Waals surface area (Å²) in [6, 6.07) is 10.9. The molecule has 0 heterocycles. The van der Waals surface area contributed by atoms with Crippen molar-refractivity contribution in [1.82, 2.24) is 4.31 Å². The topological polar surface area (TPSA) is 37.4 Å². The van der Waals surface area contributed by atoms with E-state index in [0.717, 1.165) is 23.3 Å². The van der Waals surface area contributed by atoms with Gasteiger partial charge in [0.2, 0.25) is 10.0 Å². The van der Waals surface area contributed by atoms with Crippen LogP contribution < -0.4 is 0 Å². The van der Waals surface area contributed by atoms with Crippen LogP contribution in [0.3, 0.4) is 0 Å². The highest BCUT2D eigenvalue weighted by atomic mass is 35.5. The Kier molecular flexibility index (Phi) is 4.66. The summed E-state index contributed by atoms with van der Waals surface area (Å²) in [5.74, 6) is -0.642. The maximum Gasteiger partial charge on any atom is 0.243 e. The van der Waals surface area contributed by atoms with Gasteiger partial charge in [0.1, 0.15) is 5.82 Å². The second kappa shape index (κ2) is 6.13. The summed E-state index contributed by atoms with van der Waals surface area (Å²) >= 11 is 5.65. The first kappa shape index (κ1) is 15.9. The molecular weight excluding hydrogens is 313 g/mol. The Labute approximate surface area is 129 Å². The molecule has 6 heteroatoms. The summed E-state index contributed by atoms with van der Waals surface area (Å²) in [7, 11) is -2.23. The number of sulfonamides is 1. The van der Waals surface area contributed by atoms with Crippen molar-refractivity contribution in [3.05, 3.63) is 64.4 Å². The molecule has 0 saturated carbocycles. The minimum Gasteiger partial charge on any atom is -0.207 e. The number of rotatable bonds is 4. The zero-order valence-corrected chi connectivity index (χ0v) is 13.2. The van der Waals surface area contributed by atoms with E-state index in [4.69, 9.17) is 11.6 Å². The molecule has 0 aromatic heterocycles. The van der Waals surface area contributed by atoms with Crippen LogP contribution in [-0.4, -0.2) is 19.8 Å². The lowest BCUT2D eigenvalue weighted by molar-refractivity contribution is 0.466. The Balaban J connectivity index is 2.30. The second-order valence-electron chi connectivity index (χ2n) is 4.76.